The molecule has 0 aromatic carbocycles. The summed E-state index contributed by atoms with van der Waals surface area (Å²) in [6.45, 7) is 3.18. The molecule has 1 aliphatic carbocycles. The van der Waals surface area contributed by atoms with E-state index >= 15 is 0 Å². The van der Waals surface area contributed by atoms with E-state index in [-0.39, 0.29) is 6.03 Å². The second-order valence-corrected chi connectivity index (χ2v) is 4.71. The van der Waals surface area contributed by atoms with Crippen LogP contribution in [0, 0.1) is 0 Å². The molecular formula is C10H18N2O2. The van der Waals surface area contributed by atoms with E-state index in [1.165, 1.54) is 0 Å². The maximum atomic E-state index is 11.6. The summed E-state index contributed by atoms with van der Waals surface area (Å²) in [7, 11) is 0. The number of carbonyl (C=O) groups excluding carboxylic acids is 1. The monoisotopic (exact) mass is 198 g/mol. The molecule has 0 unspecified atom stereocenters. The summed E-state index contributed by atoms with van der Waals surface area (Å²) in [5.74, 6) is 0. The number of carbonyl (C=O) groups is 1. The average molecular weight is 198 g/mol. The molecule has 2 fully saturated rings. The Labute approximate surface area is 84.3 Å². The molecule has 0 spiro atoms. The molecule has 1 heterocycles. The second kappa shape index (κ2) is 3.42. The van der Waals surface area contributed by atoms with Gasteiger partial charge in [-0.25, -0.2) is 4.79 Å². The Kier molecular flexibility index (Phi) is 2.39. The predicted octanol–water partition coefficient (Wildman–Crippen LogP) is 0.705. The molecule has 0 aromatic rings. The van der Waals surface area contributed by atoms with Gasteiger partial charge in [-0.2, -0.15) is 0 Å². The Morgan fingerprint density at radius 1 is 1.43 bits per heavy atom. The van der Waals surface area contributed by atoms with Crippen LogP contribution in [0.3, 0.4) is 0 Å². The van der Waals surface area contributed by atoms with Gasteiger partial charge in [0, 0.05) is 19.1 Å². The van der Waals surface area contributed by atoms with Crippen molar-refractivity contribution in [2.45, 2.75) is 44.2 Å². The molecule has 1 saturated heterocycles. The van der Waals surface area contributed by atoms with E-state index in [4.69, 9.17) is 0 Å². The highest BCUT2D eigenvalue weighted by Crippen LogP contribution is 2.23. The van der Waals surface area contributed by atoms with Gasteiger partial charge in [-0.05, 0) is 32.6 Å². The Balaban J connectivity index is 1.79. The summed E-state index contributed by atoms with van der Waals surface area (Å²) >= 11 is 0. The van der Waals surface area contributed by atoms with Crippen molar-refractivity contribution >= 4 is 6.03 Å². The highest BCUT2D eigenvalue weighted by Gasteiger charge is 2.31. The summed E-state index contributed by atoms with van der Waals surface area (Å²) in [5.41, 5.74) is -0.573. The number of amides is 2. The zero-order chi connectivity index (χ0) is 10.2. The lowest BCUT2D eigenvalue weighted by atomic mass is 9.94. The molecule has 0 radical (unpaired) electrons. The zero-order valence-electron chi connectivity index (χ0n) is 8.62. The minimum Gasteiger partial charge on any atom is -0.390 e. The maximum absolute atomic E-state index is 11.6. The number of hydrogen-bond acceptors (Lipinski definition) is 2. The van der Waals surface area contributed by atoms with Crippen LogP contribution < -0.4 is 5.32 Å². The van der Waals surface area contributed by atoms with E-state index in [0.717, 1.165) is 12.8 Å². The molecule has 0 atom stereocenters. The number of hydrogen-bond donors (Lipinski definition) is 2. The molecule has 0 aromatic heterocycles. The highest BCUT2D eigenvalue weighted by atomic mass is 16.3. The van der Waals surface area contributed by atoms with Crippen molar-refractivity contribution in [1.82, 2.24) is 10.2 Å². The SMILES string of the molecule is CC1(O)CCN(C(=O)NC2CC2)CC1. The molecule has 2 rings (SSSR count). The Hall–Kier alpha value is -0.770. The predicted molar refractivity (Wildman–Crippen MR) is 53.0 cm³/mol. The Morgan fingerprint density at radius 3 is 2.50 bits per heavy atom. The fourth-order valence-electron chi connectivity index (χ4n) is 1.69. The lowest BCUT2D eigenvalue weighted by molar-refractivity contribution is 0.00437. The zero-order valence-corrected chi connectivity index (χ0v) is 8.62. The first-order valence-electron chi connectivity index (χ1n) is 5.35. The molecule has 80 valence electrons. The van der Waals surface area contributed by atoms with Crippen molar-refractivity contribution in [3.63, 3.8) is 0 Å². The third kappa shape index (κ3) is 2.38. The lowest BCUT2D eigenvalue weighted by Gasteiger charge is -2.35. The first-order valence-corrected chi connectivity index (χ1v) is 5.35. The smallest absolute Gasteiger partial charge is 0.317 e. The van der Waals surface area contributed by atoms with Gasteiger partial charge in [-0.15, -0.1) is 0 Å². The van der Waals surface area contributed by atoms with Crippen molar-refractivity contribution in [1.29, 1.82) is 0 Å². The summed E-state index contributed by atoms with van der Waals surface area (Å²) < 4.78 is 0. The summed E-state index contributed by atoms with van der Waals surface area (Å²) in [4.78, 5) is 13.4. The minimum atomic E-state index is -0.573. The number of aliphatic hydroxyl groups is 1. The van der Waals surface area contributed by atoms with Gasteiger partial charge in [0.15, 0.2) is 0 Å². The van der Waals surface area contributed by atoms with Crippen LogP contribution in [0.2, 0.25) is 0 Å². The molecule has 4 heteroatoms. The molecule has 0 bridgehead atoms. The number of nitrogens with zero attached hydrogens (tertiary/aromatic N) is 1. The van der Waals surface area contributed by atoms with Crippen molar-refractivity contribution in [3.8, 4) is 0 Å². The van der Waals surface area contributed by atoms with Crippen molar-refractivity contribution < 1.29 is 9.90 Å². The van der Waals surface area contributed by atoms with Gasteiger partial charge in [0.25, 0.3) is 0 Å². The van der Waals surface area contributed by atoms with Crippen LogP contribution in [0.15, 0.2) is 0 Å². The summed E-state index contributed by atoms with van der Waals surface area (Å²) in [5, 5.41) is 12.7. The van der Waals surface area contributed by atoms with E-state index in [1.807, 2.05) is 6.92 Å². The largest absolute Gasteiger partial charge is 0.390 e. The normalized spacial score (nSPS) is 26.0. The van der Waals surface area contributed by atoms with Gasteiger partial charge in [-0.1, -0.05) is 0 Å². The highest BCUT2D eigenvalue weighted by molar-refractivity contribution is 5.75. The van der Waals surface area contributed by atoms with Gasteiger partial charge in [0.05, 0.1) is 5.60 Å². The van der Waals surface area contributed by atoms with E-state index in [0.29, 0.717) is 32.0 Å². The van der Waals surface area contributed by atoms with Crippen LogP contribution in [-0.2, 0) is 0 Å². The van der Waals surface area contributed by atoms with Crippen LogP contribution in [0.1, 0.15) is 32.6 Å². The van der Waals surface area contributed by atoms with Gasteiger partial charge >= 0.3 is 6.03 Å². The molecule has 2 aliphatic rings. The summed E-state index contributed by atoms with van der Waals surface area (Å²) in [6.07, 6.45) is 3.62. The average Bonchev–Trinajstić information content (AvgIpc) is 2.88. The first kappa shape index (κ1) is 9.77. The quantitative estimate of drug-likeness (QED) is 0.652. The molecular weight excluding hydrogens is 180 g/mol. The third-order valence-electron chi connectivity index (χ3n) is 3.03. The molecule has 4 nitrogen and oxygen atoms in total. The van der Waals surface area contributed by atoms with Gasteiger partial charge in [-0.3, -0.25) is 0 Å². The van der Waals surface area contributed by atoms with E-state index in [9.17, 15) is 9.90 Å². The van der Waals surface area contributed by atoms with Gasteiger partial charge in [0.1, 0.15) is 0 Å². The van der Waals surface area contributed by atoms with Gasteiger partial charge in [0.2, 0.25) is 0 Å². The Bertz CT molecular complexity index is 226. The topological polar surface area (TPSA) is 52.6 Å². The van der Waals surface area contributed by atoms with Crippen LogP contribution in [0.5, 0.6) is 0 Å². The van der Waals surface area contributed by atoms with E-state index in [1.54, 1.807) is 4.90 Å². The standard InChI is InChI=1S/C10H18N2O2/c1-10(14)4-6-12(7-5-10)9(13)11-8-2-3-8/h8,14H,2-7H2,1H3,(H,11,13). The number of urea groups is 1. The van der Waals surface area contributed by atoms with E-state index in [2.05, 4.69) is 5.32 Å². The number of likely N-dealkylation sites (tertiary alicyclic amines) is 1. The molecule has 1 aliphatic heterocycles. The summed E-state index contributed by atoms with van der Waals surface area (Å²) in [6, 6.07) is 0.466. The Morgan fingerprint density at radius 2 is 2.00 bits per heavy atom. The maximum Gasteiger partial charge on any atom is 0.317 e. The van der Waals surface area contributed by atoms with Crippen molar-refractivity contribution in [2.75, 3.05) is 13.1 Å². The molecule has 1 saturated carbocycles. The number of piperidine rings is 1. The molecule has 2 amide bonds. The third-order valence-corrected chi connectivity index (χ3v) is 3.03. The minimum absolute atomic E-state index is 0.0444. The first-order chi connectivity index (χ1) is 6.57. The number of nitrogens with one attached hydrogen (secondary N) is 1. The fraction of sp³-hybridized carbons (Fsp3) is 0.900. The fourth-order valence-corrected chi connectivity index (χ4v) is 1.69. The van der Waals surface area contributed by atoms with Crippen LogP contribution >= 0.6 is 0 Å². The van der Waals surface area contributed by atoms with Crippen LogP contribution in [0.25, 0.3) is 0 Å². The number of rotatable bonds is 1. The van der Waals surface area contributed by atoms with Crippen molar-refractivity contribution in [3.05, 3.63) is 0 Å². The lowest BCUT2D eigenvalue weighted by Crippen LogP contribution is -2.49. The van der Waals surface area contributed by atoms with Crippen molar-refractivity contribution in [2.24, 2.45) is 0 Å². The van der Waals surface area contributed by atoms with Gasteiger partial charge < -0.3 is 15.3 Å². The second-order valence-electron chi connectivity index (χ2n) is 4.71. The van der Waals surface area contributed by atoms with Crippen LogP contribution in [-0.4, -0.2) is 40.8 Å². The molecule has 14 heavy (non-hydrogen) atoms. The van der Waals surface area contributed by atoms with Crippen LogP contribution in [0.4, 0.5) is 4.79 Å². The van der Waals surface area contributed by atoms with E-state index < -0.39 is 5.60 Å². The molecule has 2 N–H and O–H groups in total.